The van der Waals surface area contributed by atoms with E-state index in [0.29, 0.717) is 6.54 Å². The predicted octanol–water partition coefficient (Wildman–Crippen LogP) is 3.83. The number of amides is 1. The van der Waals surface area contributed by atoms with Crippen LogP contribution < -0.4 is 4.90 Å². The largest absolute Gasteiger partial charge is 0.443 e. The Morgan fingerprint density at radius 1 is 1.17 bits per heavy atom. The van der Waals surface area contributed by atoms with Crippen LogP contribution in [0.25, 0.3) is 11.1 Å². The number of anilines is 1. The summed E-state index contributed by atoms with van der Waals surface area (Å²) in [5.41, 5.74) is 3.61. The minimum atomic E-state index is -0.499. The number of rotatable bonds is 1. The fraction of sp³-hybridized carbons (Fsp3) is 0.389. The highest BCUT2D eigenvalue weighted by Crippen LogP contribution is 2.32. The van der Waals surface area contributed by atoms with E-state index in [2.05, 4.69) is 22.3 Å². The Kier molecular flexibility index (Phi) is 4.03. The summed E-state index contributed by atoms with van der Waals surface area (Å²) in [6.45, 7) is 6.33. The number of carbonyl (C=O) groups is 1. The Hall–Kier alpha value is -2.43. The molecule has 120 valence electrons. The maximum absolute atomic E-state index is 12.5. The van der Waals surface area contributed by atoms with Gasteiger partial charge < -0.3 is 4.74 Å². The van der Waals surface area contributed by atoms with E-state index in [4.69, 9.17) is 4.74 Å². The smallest absolute Gasteiger partial charge is 0.414 e. The Morgan fingerprint density at radius 3 is 2.70 bits per heavy atom. The van der Waals surface area contributed by atoms with E-state index in [9.17, 15) is 4.79 Å². The summed E-state index contributed by atoms with van der Waals surface area (Å²) < 4.78 is 5.54. The number of fused-ring (bicyclic) bond motifs is 1. The van der Waals surface area contributed by atoms with Crippen LogP contribution in [0.4, 0.5) is 10.5 Å². The van der Waals surface area contributed by atoms with Crippen molar-refractivity contribution in [3.05, 3.63) is 42.2 Å². The van der Waals surface area contributed by atoms with Crippen molar-refractivity contribution in [2.45, 2.75) is 39.2 Å². The molecule has 0 atom stereocenters. The van der Waals surface area contributed by atoms with Crippen molar-refractivity contribution >= 4 is 11.8 Å². The van der Waals surface area contributed by atoms with Gasteiger partial charge in [-0.3, -0.25) is 4.90 Å². The maximum Gasteiger partial charge on any atom is 0.414 e. The van der Waals surface area contributed by atoms with Crippen LogP contribution in [-0.2, 0) is 11.2 Å². The second-order valence-electron chi connectivity index (χ2n) is 6.71. The lowest BCUT2D eigenvalue weighted by molar-refractivity contribution is 0.0578. The van der Waals surface area contributed by atoms with Crippen molar-refractivity contribution in [1.29, 1.82) is 0 Å². The number of nitrogens with zero attached hydrogens (tertiary/aromatic N) is 3. The average Bonchev–Trinajstić information content (AvgIpc) is 2.53. The molecule has 1 aromatic heterocycles. The zero-order chi connectivity index (χ0) is 16.4. The lowest BCUT2D eigenvalue weighted by Gasteiger charge is -2.32. The molecular formula is C18H21N3O2. The summed E-state index contributed by atoms with van der Waals surface area (Å²) >= 11 is 0. The van der Waals surface area contributed by atoms with Gasteiger partial charge in [-0.2, -0.15) is 10.2 Å². The highest BCUT2D eigenvalue weighted by Gasteiger charge is 2.27. The second kappa shape index (κ2) is 5.99. The summed E-state index contributed by atoms with van der Waals surface area (Å²) in [5.74, 6) is 0. The van der Waals surface area contributed by atoms with Gasteiger partial charge in [0, 0.05) is 12.1 Å². The molecule has 0 spiro atoms. The van der Waals surface area contributed by atoms with E-state index in [1.807, 2.05) is 32.9 Å². The third-order valence-corrected chi connectivity index (χ3v) is 3.74. The predicted molar refractivity (Wildman–Crippen MR) is 89.4 cm³/mol. The zero-order valence-corrected chi connectivity index (χ0v) is 13.7. The number of benzene rings is 1. The molecule has 1 aromatic carbocycles. The Morgan fingerprint density at radius 2 is 2.00 bits per heavy atom. The molecule has 2 heterocycles. The Labute approximate surface area is 136 Å². The van der Waals surface area contributed by atoms with E-state index in [0.717, 1.165) is 29.7 Å². The highest BCUT2D eigenvalue weighted by atomic mass is 16.6. The van der Waals surface area contributed by atoms with Crippen molar-refractivity contribution in [2.24, 2.45) is 0 Å². The van der Waals surface area contributed by atoms with Crippen molar-refractivity contribution in [3.8, 4) is 11.1 Å². The van der Waals surface area contributed by atoms with Crippen molar-refractivity contribution in [2.75, 3.05) is 11.4 Å². The van der Waals surface area contributed by atoms with Crippen LogP contribution in [0.5, 0.6) is 0 Å². The molecule has 1 amide bonds. The molecule has 1 aliphatic heterocycles. The van der Waals surface area contributed by atoms with Crippen molar-refractivity contribution in [3.63, 3.8) is 0 Å². The number of ether oxygens (including phenoxy) is 1. The van der Waals surface area contributed by atoms with Crippen LogP contribution in [0.3, 0.4) is 0 Å². The first-order valence-electron chi connectivity index (χ1n) is 7.84. The van der Waals surface area contributed by atoms with Crippen LogP contribution in [0.1, 0.15) is 32.8 Å². The average molecular weight is 311 g/mol. The molecule has 0 saturated carbocycles. The van der Waals surface area contributed by atoms with Crippen LogP contribution in [0.15, 0.2) is 36.7 Å². The normalized spacial score (nSPS) is 14.3. The van der Waals surface area contributed by atoms with E-state index < -0.39 is 5.60 Å². The number of hydrogen-bond donors (Lipinski definition) is 0. The topological polar surface area (TPSA) is 55.3 Å². The van der Waals surface area contributed by atoms with Gasteiger partial charge in [-0.25, -0.2) is 4.79 Å². The SMILES string of the molecule is CC(C)(C)OC(=O)N1CCCc2ccc(-c3ccnnc3)cc21. The van der Waals surface area contributed by atoms with Gasteiger partial charge in [0.2, 0.25) is 0 Å². The Bertz CT molecular complexity index is 708. The monoisotopic (exact) mass is 311 g/mol. The molecule has 0 fully saturated rings. The first-order valence-corrected chi connectivity index (χ1v) is 7.84. The second-order valence-corrected chi connectivity index (χ2v) is 6.71. The van der Waals surface area contributed by atoms with Crippen LogP contribution >= 0.6 is 0 Å². The van der Waals surface area contributed by atoms with E-state index in [1.54, 1.807) is 17.3 Å². The molecule has 1 aliphatic rings. The minimum Gasteiger partial charge on any atom is -0.443 e. The van der Waals surface area contributed by atoms with Gasteiger partial charge in [-0.1, -0.05) is 12.1 Å². The number of hydrogen-bond acceptors (Lipinski definition) is 4. The molecule has 23 heavy (non-hydrogen) atoms. The molecular weight excluding hydrogens is 290 g/mol. The van der Waals surface area contributed by atoms with Crippen LogP contribution in [-0.4, -0.2) is 28.4 Å². The third kappa shape index (κ3) is 3.50. The molecule has 0 aliphatic carbocycles. The van der Waals surface area contributed by atoms with Gasteiger partial charge >= 0.3 is 6.09 Å². The standard InChI is InChI=1S/C18H21N3O2/c1-18(2,3)23-17(22)21-10-4-5-13-6-7-14(11-16(13)21)15-8-9-19-20-12-15/h6-9,11-12H,4-5,10H2,1-3H3. The van der Waals surface area contributed by atoms with Crippen molar-refractivity contribution in [1.82, 2.24) is 10.2 Å². The molecule has 0 N–H and O–H groups in total. The molecule has 5 heteroatoms. The van der Waals surface area contributed by atoms with Crippen LogP contribution in [0, 0.1) is 0 Å². The highest BCUT2D eigenvalue weighted by molar-refractivity contribution is 5.90. The number of aryl methyl sites for hydroxylation is 1. The molecule has 0 bridgehead atoms. The first kappa shape index (κ1) is 15.5. The van der Waals surface area contributed by atoms with Gasteiger partial charge in [0.15, 0.2) is 0 Å². The van der Waals surface area contributed by atoms with Gasteiger partial charge in [-0.15, -0.1) is 0 Å². The zero-order valence-electron chi connectivity index (χ0n) is 13.7. The molecule has 0 radical (unpaired) electrons. The number of aromatic nitrogens is 2. The van der Waals surface area contributed by atoms with Gasteiger partial charge in [0.25, 0.3) is 0 Å². The molecule has 0 unspecified atom stereocenters. The summed E-state index contributed by atoms with van der Waals surface area (Å²) in [6, 6.07) is 8.10. The van der Waals surface area contributed by atoms with E-state index in [1.165, 1.54) is 5.56 Å². The maximum atomic E-state index is 12.5. The molecule has 2 aromatic rings. The van der Waals surface area contributed by atoms with Crippen LogP contribution in [0.2, 0.25) is 0 Å². The summed E-state index contributed by atoms with van der Waals surface area (Å²) in [4.78, 5) is 14.2. The Balaban J connectivity index is 1.95. The number of carbonyl (C=O) groups excluding carboxylic acids is 1. The quantitative estimate of drug-likeness (QED) is 0.803. The van der Waals surface area contributed by atoms with Crippen molar-refractivity contribution < 1.29 is 9.53 Å². The summed E-state index contributed by atoms with van der Waals surface area (Å²) in [7, 11) is 0. The first-order chi connectivity index (χ1) is 10.9. The molecule has 0 saturated heterocycles. The third-order valence-electron chi connectivity index (χ3n) is 3.74. The fourth-order valence-corrected chi connectivity index (χ4v) is 2.72. The summed E-state index contributed by atoms with van der Waals surface area (Å²) in [5, 5.41) is 7.73. The van der Waals surface area contributed by atoms with Gasteiger partial charge in [0.05, 0.1) is 18.1 Å². The molecule has 3 rings (SSSR count). The fourth-order valence-electron chi connectivity index (χ4n) is 2.72. The van der Waals surface area contributed by atoms with Gasteiger partial charge in [-0.05, 0) is 56.9 Å². The molecule has 5 nitrogen and oxygen atoms in total. The van der Waals surface area contributed by atoms with E-state index in [-0.39, 0.29) is 6.09 Å². The lowest BCUT2D eigenvalue weighted by Crippen LogP contribution is -2.39. The minimum absolute atomic E-state index is 0.288. The van der Waals surface area contributed by atoms with Gasteiger partial charge in [0.1, 0.15) is 5.60 Å². The van der Waals surface area contributed by atoms with E-state index >= 15 is 0 Å². The summed E-state index contributed by atoms with van der Waals surface area (Å²) in [6.07, 6.45) is 5.03. The lowest BCUT2D eigenvalue weighted by atomic mass is 9.97.